The van der Waals surface area contributed by atoms with Gasteiger partial charge in [-0.1, -0.05) is 19.1 Å². The van der Waals surface area contributed by atoms with Crippen LogP contribution in [0.5, 0.6) is 0 Å². The van der Waals surface area contributed by atoms with E-state index in [-0.39, 0.29) is 18.2 Å². The van der Waals surface area contributed by atoms with Crippen molar-refractivity contribution in [3.63, 3.8) is 0 Å². The smallest absolute Gasteiger partial charge is 0.382 e. The number of Topliss-reactive ketones (excluding diaryl/α,β-unsaturated/α-hetero) is 1. The van der Waals surface area contributed by atoms with Gasteiger partial charge in [0.1, 0.15) is 11.1 Å². The normalized spacial score (nSPS) is 28.3. The number of carbonyl (C=O) groups is 1. The van der Waals surface area contributed by atoms with E-state index in [9.17, 15) is 23.1 Å². The van der Waals surface area contributed by atoms with Gasteiger partial charge in [0.05, 0.1) is 5.56 Å². The summed E-state index contributed by atoms with van der Waals surface area (Å²) in [5, 5.41) is 13.4. The Labute approximate surface area is 139 Å². The van der Waals surface area contributed by atoms with Gasteiger partial charge in [0.2, 0.25) is 0 Å². The maximum Gasteiger partial charge on any atom is 0.416 e. The van der Waals surface area contributed by atoms with Crippen molar-refractivity contribution in [2.45, 2.75) is 50.4 Å². The number of rotatable bonds is 3. The topological polar surface area (TPSA) is 49.3 Å². The Kier molecular flexibility index (Phi) is 5.88. The number of likely N-dealkylation sites (N-methyl/N-ethyl adjacent to an activating group) is 1. The fourth-order valence-electron chi connectivity index (χ4n) is 3.18. The summed E-state index contributed by atoms with van der Waals surface area (Å²) in [4.78, 5) is 12.7. The van der Waals surface area contributed by atoms with Gasteiger partial charge in [0.15, 0.2) is 5.78 Å². The van der Waals surface area contributed by atoms with Gasteiger partial charge in [-0.05, 0) is 50.4 Å². The molecule has 1 fully saturated rings. The minimum Gasteiger partial charge on any atom is -0.382 e. The van der Waals surface area contributed by atoms with Gasteiger partial charge in [-0.2, -0.15) is 13.2 Å². The molecule has 0 aliphatic heterocycles. The van der Waals surface area contributed by atoms with Crippen molar-refractivity contribution in [3.05, 3.63) is 35.4 Å². The maximum atomic E-state index is 12.7. The molecule has 23 heavy (non-hydrogen) atoms. The molecule has 0 aromatic heterocycles. The van der Waals surface area contributed by atoms with E-state index in [0.717, 1.165) is 12.1 Å². The van der Waals surface area contributed by atoms with Crippen LogP contribution >= 0.6 is 12.4 Å². The predicted octanol–water partition coefficient (Wildman–Crippen LogP) is 3.44. The molecule has 1 aromatic rings. The Morgan fingerprint density at radius 1 is 1.22 bits per heavy atom. The molecular formula is C16H21ClF3NO2. The third-order valence-electron chi connectivity index (χ3n) is 4.28. The molecule has 1 aliphatic rings. The molecule has 0 heterocycles. The molecule has 3 nitrogen and oxygen atoms in total. The van der Waals surface area contributed by atoms with Gasteiger partial charge in [-0.15, -0.1) is 12.4 Å². The molecule has 0 unspecified atom stereocenters. The van der Waals surface area contributed by atoms with Crippen LogP contribution in [0.4, 0.5) is 13.2 Å². The molecule has 7 heteroatoms. The molecule has 0 bridgehead atoms. The second kappa shape index (κ2) is 6.79. The van der Waals surface area contributed by atoms with Crippen LogP contribution in [0, 0.1) is 0 Å². The molecule has 2 N–H and O–H groups in total. The second-order valence-electron chi connectivity index (χ2n) is 5.97. The summed E-state index contributed by atoms with van der Waals surface area (Å²) in [7, 11) is 0. The molecule has 0 spiro atoms. The van der Waals surface area contributed by atoms with Crippen LogP contribution in [0.25, 0.3) is 0 Å². The van der Waals surface area contributed by atoms with E-state index in [0.29, 0.717) is 31.4 Å². The summed E-state index contributed by atoms with van der Waals surface area (Å²) >= 11 is 0. The molecule has 1 aromatic carbocycles. The first-order valence-corrected chi connectivity index (χ1v) is 7.33. The molecule has 2 atom stereocenters. The molecule has 1 aliphatic carbocycles. The number of hydrogen-bond donors (Lipinski definition) is 2. The minimum atomic E-state index is -4.41. The lowest BCUT2D eigenvalue weighted by Gasteiger charge is -2.43. The van der Waals surface area contributed by atoms with Crippen molar-refractivity contribution in [3.8, 4) is 0 Å². The van der Waals surface area contributed by atoms with E-state index in [1.807, 2.05) is 6.92 Å². The average Bonchev–Trinajstić information content (AvgIpc) is 2.43. The maximum absolute atomic E-state index is 12.7. The third kappa shape index (κ3) is 3.70. The summed E-state index contributed by atoms with van der Waals surface area (Å²) in [5.41, 5.74) is -2.88. The quantitative estimate of drug-likeness (QED) is 0.877. The highest BCUT2D eigenvalue weighted by Crippen LogP contribution is 2.40. The van der Waals surface area contributed by atoms with E-state index in [1.54, 1.807) is 0 Å². The van der Waals surface area contributed by atoms with Crippen LogP contribution in [-0.2, 0) is 16.5 Å². The molecule has 0 saturated heterocycles. The molecule has 130 valence electrons. The zero-order valence-corrected chi connectivity index (χ0v) is 13.9. The largest absolute Gasteiger partial charge is 0.416 e. The van der Waals surface area contributed by atoms with E-state index >= 15 is 0 Å². The number of hydrogen-bond acceptors (Lipinski definition) is 3. The van der Waals surface area contributed by atoms with E-state index in [1.165, 1.54) is 19.1 Å². The van der Waals surface area contributed by atoms with E-state index < -0.39 is 22.9 Å². The number of halogens is 4. The number of benzene rings is 1. The zero-order valence-electron chi connectivity index (χ0n) is 13.0. The van der Waals surface area contributed by atoms with Crippen molar-refractivity contribution in [1.82, 2.24) is 5.32 Å². The molecule has 2 rings (SSSR count). The number of nitrogens with one attached hydrogen (secondary N) is 1. The molecular weight excluding hydrogens is 331 g/mol. The lowest BCUT2D eigenvalue weighted by Crippen LogP contribution is -2.60. The van der Waals surface area contributed by atoms with Crippen LogP contribution in [0.3, 0.4) is 0 Å². The fourth-order valence-corrected chi connectivity index (χ4v) is 3.18. The van der Waals surface area contributed by atoms with Crippen molar-refractivity contribution < 1.29 is 23.1 Å². The van der Waals surface area contributed by atoms with Gasteiger partial charge in [-0.3, -0.25) is 4.79 Å². The van der Waals surface area contributed by atoms with Crippen LogP contribution in [0.1, 0.15) is 44.2 Å². The monoisotopic (exact) mass is 351 g/mol. The first-order chi connectivity index (χ1) is 10.1. The van der Waals surface area contributed by atoms with Crippen LogP contribution < -0.4 is 5.32 Å². The Bertz CT molecular complexity index is 553. The average molecular weight is 352 g/mol. The van der Waals surface area contributed by atoms with Gasteiger partial charge >= 0.3 is 6.18 Å². The van der Waals surface area contributed by atoms with Gasteiger partial charge < -0.3 is 10.4 Å². The molecule has 0 amide bonds. The van der Waals surface area contributed by atoms with Crippen molar-refractivity contribution in [2.75, 3.05) is 6.54 Å². The summed E-state index contributed by atoms with van der Waals surface area (Å²) in [6.07, 6.45) is -2.97. The Morgan fingerprint density at radius 2 is 1.78 bits per heavy atom. The van der Waals surface area contributed by atoms with Gasteiger partial charge in [0, 0.05) is 0 Å². The van der Waals surface area contributed by atoms with E-state index in [4.69, 9.17) is 0 Å². The number of aliphatic hydroxyl groups is 1. The summed E-state index contributed by atoms with van der Waals surface area (Å²) < 4.78 is 38.0. The van der Waals surface area contributed by atoms with E-state index in [2.05, 4.69) is 5.32 Å². The van der Waals surface area contributed by atoms with Crippen LogP contribution in [0.2, 0.25) is 0 Å². The summed E-state index contributed by atoms with van der Waals surface area (Å²) in [6, 6.07) is 4.60. The standard InChI is InChI=1S/C16H20F3NO2.ClH/c1-3-20-15(10-4-9-14(2,22)13(15)21)11-5-7-12(8-6-11)16(17,18)19;/h5-8,20,22H,3-4,9-10H2,1-2H3;1H/t14-,15+;/m0./s1. The minimum absolute atomic E-state index is 0. The first kappa shape index (κ1) is 19.9. The summed E-state index contributed by atoms with van der Waals surface area (Å²) in [5.74, 6) is -0.382. The first-order valence-electron chi connectivity index (χ1n) is 7.33. The Morgan fingerprint density at radius 3 is 2.26 bits per heavy atom. The fraction of sp³-hybridized carbons (Fsp3) is 0.562. The number of carbonyl (C=O) groups excluding carboxylic acids is 1. The molecule has 1 saturated carbocycles. The third-order valence-corrected chi connectivity index (χ3v) is 4.28. The highest BCUT2D eigenvalue weighted by atomic mass is 35.5. The molecule has 0 radical (unpaired) electrons. The number of alkyl halides is 3. The second-order valence-corrected chi connectivity index (χ2v) is 5.97. The van der Waals surface area contributed by atoms with Crippen molar-refractivity contribution in [2.24, 2.45) is 0 Å². The Balaban J connectivity index is 0.00000264. The summed E-state index contributed by atoms with van der Waals surface area (Å²) in [6.45, 7) is 3.76. The predicted molar refractivity (Wildman–Crippen MR) is 83.5 cm³/mol. The highest BCUT2D eigenvalue weighted by Gasteiger charge is 2.50. The van der Waals surface area contributed by atoms with Crippen LogP contribution in [-0.4, -0.2) is 23.0 Å². The lowest BCUT2D eigenvalue weighted by atomic mass is 9.69. The number of ketones is 1. The van der Waals surface area contributed by atoms with Gasteiger partial charge in [0.25, 0.3) is 0 Å². The SMILES string of the molecule is CCN[C@@]1(c2ccc(C(F)(F)F)cc2)CCC[C@](C)(O)C1=O.Cl. The van der Waals surface area contributed by atoms with Gasteiger partial charge in [-0.25, -0.2) is 0 Å². The highest BCUT2D eigenvalue weighted by molar-refractivity contribution is 5.96. The zero-order chi connectivity index (χ0) is 16.6. The van der Waals surface area contributed by atoms with Crippen molar-refractivity contribution in [1.29, 1.82) is 0 Å². The van der Waals surface area contributed by atoms with Crippen molar-refractivity contribution >= 4 is 18.2 Å². The van der Waals surface area contributed by atoms with Crippen LogP contribution in [0.15, 0.2) is 24.3 Å². The Hall–Kier alpha value is -1.11. The lowest BCUT2D eigenvalue weighted by molar-refractivity contribution is -0.148.